The maximum Gasteiger partial charge on any atom is 0.237 e. The van der Waals surface area contributed by atoms with Crippen molar-refractivity contribution in [3.05, 3.63) is 29.8 Å². The molecule has 8 nitrogen and oxygen atoms in total. The van der Waals surface area contributed by atoms with E-state index in [9.17, 15) is 20.1 Å². The van der Waals surface area contributed by atoms with Crippen LogP contribution in [0.5, 0.6) is 0 Å². The Labute approximate surface area is 260 Å². The number of likely N-dealkylation sites (N-methyl/N-ethyl adjacent to an activating group) is 1. The molecule has 1 unspecified atom stereocenters. The fourth-order valence-corrected chi connectivity index (χ4v) is 8.68. The number of nitrogens with zero attached hydrogens (tertiary/aromatic N) is 2. The van der Waals surface area contributed by atoms with Crippen LogP contribution in [0.4, 0.5) is 0 Å². The Bertz CT molecular complexity index is 1010. The average molecular weight is 622 g/mol. The molecule has 1 aliphatic carbocycles. The molecule has 236 valence electrons. The lowest BCUT2D eigenvalue weighted by molar-refractivity contribution is -0.205. The third-order valence-corrected chi connectivity index (χ3v) is 11.9. The van der Waals surface area contributed by atoms with Crippen molar-refractivity contribution in [3.63, 3.8) is 0 Å². The number of rotatable bonds is 12. The van der Waals surface area contributed by atoms with Gasteiger partial charge in [-0.25, -0.2) is 0 Å². The van der Waals surface area contributed by atoms with Gasteiger partial charge in [-0.2, -0.15) is 0 Å². The molecule has 1 aromatic rings. The summed E-state index contributed by atoms with van der Waals surface area (Å²) in [4.78, 5) is 19.6. The van der Waals surface area contributed by atoms with Crippen LogP contribution in [-0.2, 0) is 16.0 Å². The van der Waals surface area contributed by atoms with E-state index in [-0.39, 0.29) is 17.2 Å². The smallest absolute Gasteiger partial charge is 0.237 e. The summed E-state index contributed by atoms with van der Waals surface area (Å²) in [5.41, 5.74) is 0.621. The van der Waals surface area contributed by atoms with E-state index in [0.717, 1.165) is 43.2 Å². The molecule has 0 radical (unpaired) electrons. The van der Waals surface area contributed by atoms with Gasteiger partial charge in [0.15, 0.2) is 0 Å². The second-order valence-corrected chi connectivity index (χ2v) is 15.4. The number of carbonyl (C=O) groups excluding carboxylic acids is 1. The molecule has 1 saturated carbocycles. The van der Waals surface area contributed by atoms with Crippen LogP contribution in [0.15, 0.2) is 29.2 Å². The highest BCUT2D eigenvalue weighted by atomic mass is 32.2. The van der Waals surface area contributed by atoms with Gasteiger partial charge in [0.2, 0.25) is 5.91 Å². The number of amides is 1. The van der Waals surface area contributed by atoms with Crippen molar-refractivity contribution in [2.75, 3.05) is 39.5 Å². The van der Waals surface area contributed by atoms with E-state index in [1.165, 1.54) is 62.5 Å². The predicted molar refractivity (Wildman–Crippen MR) is 170 cm³/mol. The van der Waals surface area contributed by atoms with Crippen LogP contribution >= 0.6 is 23.5 Å². The standard InChI is InChI=1S/C32H51N3O5S2/c1-20(42-24-10-8-21(9-11-24)13-17-35-14-4-5-15-35)26(30-28(37)27(36)29(38)32(40-30)41-3)33-31(39)25-19-23(12-16-34(25)2)18-22-6-7-22/h8-11,20,22-23,25-30,32,36-38H,4-7,12-19H2,1-3H3,(H,33,39)/t20-,23-,25-,26-,27-,28+,29+,30?,32+/m0/s1. The minimum atomic E-state index is -1.35. The second kappa shape index (κ2) is 15.0. The quantitative estimate of drug-likeness (QED) is 0.262. The van der Waals surface area contributed by atoms with E-state index >= 15 is 0 Å². The van der Waals surface area contributed by atoms with Crippen LogP contribution in [0.3, 0.4) is 0 Å². The minimum absolute atomic E-state index is 0.0511. The lowest BCUT2D eigenvalue weighted by Gasteiger charge is -2.45. The highest BCUT2D eigenvalue weighted by Gasteiger charge is 2.48. The van der Waals surface area contributed by atoms with E-state index < -0.39 is 35.9 Å². The number of piperidine rings is 1. The molecule has 4 fully saturated rings. The summed E-state index contributed by atoms with van der Waals surface area (Å²) in [5, 5.41) is 35.4. The van der Waals surface area contributed by atoms with Crippen molar-refractivity contribution in [2.45, 2.75) is 110 Å². The molecule has 0 bridgehead atoms. The summed E-state index contributed by atoms with van der Waals surface area (Å²) in [6.07, 6.45) is 6.54. The van der Waals surface area contributed by atoms with E-state index in [1.54, 1.807) is 11.8 Å². The topological polar surface area (TPSA) is 106 Å². The summed E-state index contributed by atoms with van der Waals surface area (Å²) in [6, 6.07) is 7.85. The number of ether oxygens (including phenoxy) is 1. The van der Waals surface area contributed by atoms with Crippen molar-refractivity contribution in [3.8, 4) is 0 Å². The summed E-state index contributed by atoms with van der Waals surface area (Å²) >= 11 is 2.93. The molecule has 1 aromatic carbocycles. The number of carbonyl (C=O) groups is 1. The summed E-state index contributed by atoms with van der Waals surface area (Å²) in [5.74, 6) is 1.35. The van der Waals surface area contributed by atoms with Crippen molar-refractivity contribution < 1.29 is 24.9 Å². The zero-order valence-corrected chi connectivity index (χ0v) is 27.1. The molecule has 3 saturated heterocycles. The fourth-order valence-electron chi connectivity index (χ4n) is 6.91. The number of thioether (sulfide) groups is 2. The second-order valence-electron chi connectivity index (χ2n) is 13.0. The number of benzene rings is 1. The lowest BCUT2D eigenvalue weighted by Crippen LogP contribution is -2.65. The lowest BCUT2D eigenvalue weighted by atomic mass is 9.86. The Hall–Kier alpha value is -0.850. The Kier molecular flexibility index (Phi) is 11.6. The SMILES string of the molecule is CS[C@H]1OC([C@@H](NC(=O)[C@@H]2C[C@H](CC3CC3)CCN2C)[C@H](C)Sc2ccc(CCN3CCCC3)cc2)[C@H](O)[C@H](O)[C@H]1O. The van der Waals surface area contributed by atoms with Gasteiger partial charge in [0.05, 0.1) is 12.1 Å². The number of hydrogen-bond donors (Lipinski definition) is 4. The van der Waals surface area contributed by atoms with Gasteiger partial charge in [0, 0.05) is 16.7 Å². The van der Waals surface area contributed by atoms with E-state index in [4.69, 9.17) is 4.74 Å². The molecular weight excluding hydrogens is 571 g/mol. The molecule has 4 N–H and O–H groups in total. The molecule has 3 heterocycles. The largest absolute Gasteiger partial charge is 0.388 e. The van der Waals surface area contributed by atoms with Gasteiger partial charge in [-0.1, -0.05) is 31.9 Å². The van der Waals surface area contributed by atoms with Crippen molar-refractivity contribution in [1.29, 1.82) is 0 Å². The zero-order chi connectivity index (χ0) is 29.8. The molecular formula is C32H51N3O5S2. The molecule has 5 rings (SSSR count). The Morgan fingerprint density at radius 2 is 1.74 bits per heavy atom. The van der Waals surface area contributed by atoms with Gasteiger partial charge in [-0.05, 0) is 101 Å². The van der Waals surface area contributed by atoms with Gasteiger partial charge in [0.25, 0.3) is 0 Å². The number of hydrogen-bond acceptors (Lipinski definition) is 9. The molecule has 3 aliphatic heterocycles. The molecule has 9 atom stereocenters. The third kappa shape index (κ3) is 8.24. The maximum absolute atomic E-state index is 13.9. The molecule has 0 aromatic heterocycles. The van der Waals surface area contributed by atoms with E-state index in [2.05, 4.69) is 39.4 Å². The van der Waals surface area contributed by atoms with Crippen LogP contribution in [0, 0.1) is 11.8 Å². The normalized spacial score (nSPS) is 34.3. The first-order valence-corrected chi connectivity index (χ1v) is 18.1. The maximum atomic E-state index is 13.9. The van der Waals surface area contributed by atoms with Crippen LogP contribution < -0.4 is 5.32 Å². The number of likely N-dealkylation sites (tertiary alicyclic amines) is 2. The van der Waals surface area contributed by atoms with Gasteiger partial charge >= 0.3 is 0 Å². The Balaban J connectivity index is 1.28. The van der Waals surface area contributed by atoms with Crippen LogP contribution in [-0.4, -0.2) is 118 Å². The Morgan fingerprint density at radius 1 is 1.02 bits per heavy atom. The number of aliphatic hydroxyl groups excluding tert-OH is 3. The van der Waals surface area contributed by atoms with Crippen molar-refractivity contribution >= 4 is 29.4 Å². The number of nitrogens with one attached hydrogen (secondary N) is 1. The fraction of sp³-hybridized carbons (Fsp3) is 0.781. The highest BCUT2D eigenvalue weighted by Crippen LogP contribution is 2.39. The first-order valence-electron chi connectivity index (χ1n) is 15.9. The minimum Gasteiger partial charge on any atom is -0.388 e. The van der Waals surface area contributed by atoms with Crippen LogP contribution in [0.2, 0.25) is 0 Å². The van der Waals surface area contributed by atoms with Gasteiger partial charge in [-0.3, -0.25) is 9.69 Å². The summed E-state index contributed by atoms with van der Waals surface area (Å²) in [7, 11) is 2.02. The van der Waals surface area contributed by atoms with Crippen molar-refractivity contribution in [1.82, 2.24) is 15.1 Å². The summed E-state index contributed by atoms with van der Waals surface area (Å²) in [6.45, 7) is 6.44. The number of aliphatic hydroxyl groups is 3. The predicted octanol–water partition coefficient (Wildman–Crippen LogP) is 2.97. The average Bonchev–Trinajstić information content (AvgIpc) is 3.65. The van der Waals surface area contributed by atoms with Crippen LogP contribution in [0.25, 0.3) is 0 Å². The highest BCUT2D eigenvalue weighted by molar-refractivity contribution is 8.00. The van der Waals surface area contributed by atoms with E-state index in [1.807, 2.05) is 20.2 Å². The molecule has 0 spiro atoms. The first kappa shape index (κ1) is 32.5. The molecule has 1 amide bonds. The molecule has 4 aliphatic rings. The van der Waals surface area contributed by atoms with E-state index in [0.29, 0.717) is 5.92 Å². The third-order valence-electron chi connectivity index (χ3n) is 9.81. The monoisotopic (exact) mass is 621 g/mol. The van der Waals surface area contributed by atoms with Gasteiger partial charge < -0.3 is 30.3 Å². The summed E-state index contributed by atoms with van der Waals surface area (Å²) < 4.78 is 6.21. The zero-order valence-electron chi connectivity index (χ0n) is 25.4. The molecule has 10 heteroatoms. The molecule has 42 heavy (non-hydrogen) atoms. The Morgan fingerprint density at radius 3 is 2.40 bits per heavy atom. The van der Waals surface area contributed by atoms with Gasteiger partial charge in [-0.15, -0.1) is 23.5 Å². The van der Waals surface area contributed by atoms with Crippen molar-refractivity contribution in [2.24, 2.45) is 11.8 Å². The van der Waals surface area contributed by atoms with Gasteiger partial charge in [0.1, 0.15) is 29.9 Å². The first-order chi connectivity index (χ1) is 20.2. The van der Waals surface area contributed by atoms with Crippen LogP contribution in [0.1, 0.15) is 57.4 Å².